The van der Waals surface area contributed by atoms with Crippen molar-refractivity contribution in [3.63, 3.8) is 0 Å². The first-order chi connectivity index (χ1) is 19.4. The smallest absolute Gasteiger partial charge is 0.336 e. The molecule has 2 heterocycles. The van der Waals surface area contributed by atoms with Gasteiger partial charge in [-0.1, -0.05) is 18.2 Å². The second kappa shape index (κ2) is 11.7. The van der Waals surface area contributed by atoms with Crippen molar-refractivity contribution in [2.45, 2.75) is 50.5 Å². The van der Waals surface area contributed by atoms with E-state index in [2.05, 4.69) is 5.32 Å². The quantitative estimate of drug-likeness (QED) is 0.462. The van der Waals surface area contributed by atoms with Gasteiger partial charge in [0.1, 0.15) is 12.4 Å². The summed E-state index contributed by atoms with van der Waals surface area (Å²) in [5.41, 5.74) is 3.60. The minimum atomic E-state index is -0.760. The predicted octanol–water partition coefficient (Wildman–Crippen LogP) is 4.94. The second-order valence-electron chi connectivity index (χ2n) is 10.2. The minimum absolute atomic E-state index is 0.109. The average Bonchev–Trinajstić information content (AvgIpc) is 3.48. The van der Waals surface area contributed by atoms with E-state index in [1.807, 2.05) is 0 Å². The lowest BCUT2D eigenvalue weighted by molar-refractivity contribution is -0.142. The SMILES string of the molecule is COc1ccc([C@H]2C(C(=O)OC[C@@H]3CCCO3)=C(C)NC3=C2C(=O)C[C@@H](c2ccc(F)cc2)C3)c(OC)c1OC. The molecule has 0 amide bonds. The summed E-state index contributed by atoms with van der Waals surface area (Å²) in [5, 5.41) is 3.34. The molecule has 1 N–H and O–H groups in total. The molecule has 5 rings (SSSR count). The molecule has 0 spiro atoms. The molecule has 2 aliphatic heterocycles. The number of ketones is 1. The van der Waals surface area contributed by atoms with Gasteiger partial charge in [0.25, 0.3) is 0 Å². The van der Waals surface area contributed by atoms with Crippen molar-refractivity contribution in [1.29, 1.82) is 0 Å². The molecule has 1 fully saturated rings. The van der Waals surface area contributed by atoms with Crippen molar-refractivity contribution >= 4 is 11.8 Å². The minimum Gasteiger partial charge on any atom is -0.493 e. The Morgan fingerprint density at radius 3 is 2.42 bits per heavy atom. The molecule has 0 unspecified atom stereocenters. The Hall–Kier alpha value is -3.85. The molecule has 8 nitrogen and oxygen atoms in total. The van der Waals surface area contributed by atoms with Gasteiger partial charge in [-0.3, -0.25) is 4.79 Å². The number of nitrogens with one attached hydrogen (secondary N) is 1. The third-order valence-electron chi connectivity index (χ3n) is 7.86. The van der Waals surface area contributed by atoms with E-state index in [0.717, 1.165) is 24.1 Å². The normalized spacial score (nSPS) is 22.5. The molecule has 0 bridgehead atoms. The van der Waals surface area contributed by atoms with Gasteiger partial charge in [0.15, 0.2) is 17.3 Å². The van der Waals surface area contributed by atoms with E-state index in [4.69, 9.17) is 23.7 Å². The Morgan fingerprint density at radius 1 is 1.02 bits per heavy atom. The molecule has 212 valence electrons. The fourth-order valence-electron chi connectivity index (χ4n) is 5.97. The standard InChI is InChI=1S/C31H34FNO7/c1-17-26(31(35)40-16-21-6-5-13-39-21)27(22-11-12-25(36-2)30(38-4)29(22)37-3)28-23(33-17)14-19(15-24(28)34)18-7-9-20(32)10-8-18/h7-12,19,21,27,33H,5-6,13-16H2,1-4H3/t19-,21-,27-/m0/s1. The zero-order valence-electron chi connectivity index (χ0n) is 23.2. The van der Waals surface area contributed by atoms with Gasteiger partial charge in [0.05, 0.1) is 38.9 Å². The van der Waals surface area contributed by atoms with Crippen LogP contribution in [-0.2, 0) is 19.1 Å². The highest BCUT2D eigenvalue weighted by Crippen LogP contribution is 2.51. The number of Topliss-reactive ketones (excluding diaryl/α,β-unsaturated/α-hetero) is 1. The number of benzene rings is 2. The summed E-state index contributed by atoms with van der Waals surface area (Å²) in [4.78, 5) is 27.6. The maximum Gasteiger partial charge on any atom is 0.336 e. The van der Waals surface area contributed by atoms with Gasteiger partial charge in [-0.2, -0.15) is 0 Å². The van der Waals surface area contributed by atoms with Crippen LogP contribution in [0.3, 0.4) is 0 Å². The van der Waals surface area contributed by atoms with Crippen LogP contribution in [0.25, 0.3) is 0 Å². The first kappa shape index (κ1) is 27.7. The van der Waals surface area contributed by atoms with Crippen molar-refractivity contribution < 1.29 is 37.7 Å². The van der Waals surface area contributed by atoms with E-state index in [1.54, 1.807) is 31.2 Å². The first-order valence-corrected chi connectivity index (χ1v) is 13.4. The number of esters is 1. The van der Waals surface area contributed by atoms with Crippen LogP contribution in [0, 0.1) is 5.82 Å². The summed E-state index contributed by atoms with van der Waals surface area (Å²) < 4.78 is 41.9. The molecule has 40 heavy (non-hydrogen) atoms. The summed E-state index contributed by atoms with van der Waals surface area (Å²) >= 11 is 0. The lowest BCUT2D eigenvalue weighted by Crippen LogP contribution is -2.36. The van der Waals surface area contributed by atoms with E-state index >= 15 is 0 Å². The number of dihydropyridines is 1. The van der Waals surface area contributed by atoms with Crippen LogP contribution in [0.4, 0.5) is 4.39 Å². The molecule has 1 saturated heterocycles. The highest BCUT2D eigenvalue weighted by atomic mass is 19.1. The van der Waals surface area contributed by atoms with Gasteiger partial charge < -0.3 is 29.0 Å². The van der Waals surface area contributed by atoms with Gasteiger partial charge >= 0.3 is 5.97 Å². The van der Waals surface area contributed by atoms with Gasteiger partial charge in [-0.25, -0.2) is 9.18 Å². The lowest BCUT2D eigenvalue weighted by atomic mass is 9.71. The second-order valence-corrected chi connectivity index (χ2v) is 10.2. The van der Waals surface area contributed by atoms with E-state index in [0.29, 0.717) is 52.7 Å². The van der Waals surface area contributed by atoms with Gasteiger partial charge in [0, 0.05) is 35.6 Å². The Labute approximate surface area is 233 Å². The maximum atomic E-state index is 13.9. The number of ether oxygens (including phenoxy) is 5. The number of methoxy groups -OCH3 is 3. The monoisotopic (exact) mass is 551 g/mol. The predicted molar refractivity (Wildman–Crippen MR) is 145 cm³/mol. The molecule has 0 radical (unpaired) electrons. The van der Waals surface area contributed by atoms with Crippen molar-refractivity contribution in [2.75, 3.05) is 34.5 Å². The fraction of sp³-hybridized carbons (Fsp3) is 0.419. The Morgan fingerprint density at radius 2 is 1.77 bits per heavy atom. The van der Waals surface area contributed by atoms with Crippen LogP contribution in [0.5, 0.6) is 17.2 Å². The Balaban J connectivity index is 1.59. The zero-order chi connectivity index (χ0) is 28.4. The van der Waals surface area contributed by atoms with Crippen LogP contribution in [0.15, 0.2) is 58.9 Å². The first-order valence-electron chi connectivity index (χ1n) is 13.4. The molecule has 3 aliphatic rings. The average molecular weight is 552 g/mol. The number of hydrogen-bond acceptors (Lipinski definition) is 8. The van der Waals surface area contributed by atoms with Gasteiger partial charge in [0.2, 0.25) is 5.75 Å². The maximum absolute atomic E-state index is 13.9. The molecule has 1 aliphatic carbocycles. The van der Waals surface area contributed by atoms with Crippen molar-refractivity contribution in [3.8, 4) is 17.2 Å². The molecule has 0 aromatic heterocycles. The summed E-state index contributed by atoms with van der Waals surface area (Å²) in [6.07, 6.45) is 2.36. The number of carbonyl (C=O) groups is 2. The number of carbonyl (C=O) groups excluding carboxylic acids is 2. The van der Waals surface area contributed by atoms with Crippen LogP contribution in [-0.4, -0.2) is 52.4 Å². The van der Waals surface area contributed by atoms with E-state index in [1.165, 1.54) is 33.5 Å². The van der Waals surface area contributed by atoms with Crippen molar-refractivity contribution in [1.82, 2.24) is 5.32 Å². The number of rotatable bonds is 8. The van der Waals surface area contributed by atoms with E-state index in [-0.39, 0.29) is 36.7 Å². The van der Waals surface area contributed by atoms with Crippen LogP contribution in [0.2, 0.25) is 0 Å². The zero-order valence-corrected chi connectivity index (χ0v) is 23.2. The number of hydrogen-bond donors (Lipinski definition) is 1. The Bertz CT molecular complexity index is 1360. The van der Waals surface area contributed by atoms with Gasteiger partial charge in [-0.05, 0) is 55.9 Å². The lowest BCUT2D eigenvalue weighted by Gasteiger charge is -2.37. The molecule has 3 atom stereocenters. The third kappa shape index (κ3) is 5.18. The number of halogens is 1. The van der Waals surface area contributed by atoms with E-state index in [9.17, 15) is 14.0 Å². The van der Waals surface area contributed by atoms with Crippen LogP contribution < -0.4 is 19.5 Å². The Kier molecular flexibility index (Phi) is 8.12. The number of allylic oxidation sites excluding steroid dienone is 3. The summed E-state index contributed by atoms with van der Waals surface area (Å²) in [6, 6.07) is 9.77. The van der Waals surface area contributed by atoms with Crippen LogP contribution in [0.1, 0.15) is 55.6 Å². The largest absolute Gasteiger partial charge is 0.493 e. The van der Waals surface area contributed by atoms with Crippen LogP contribution >= 0.6 is 0 Å². The molecule has 9 heteroatoms. The van der Waals surface area contributed by atoms with Gasteiger partial charge in [-0.15, -0.1) is 0 Å². The topological polar surface area (TPSA) is 92.3 Å². The molecule has 0 saturated carbocycles. The van der Waals surface area contributed by atoms with E-state index < -0.39 is 11.9 Å². The van der Waals surface area contributed by atoms with Crippen molar-refractivity contribution in [3.05, 3.63) is 75.9 Å². The molecular formula is C31H34FNO7. The summed E-state index contributed by atoms with van der Waals surface area (Å²) in [6.45, 7) is 2.59. The summed E-state index contributed by atoms with van der Waals surface area (Å²) in [5.74, 6) is -0.665. The highest BCUT2D eigenvalue weighted by molar-refractivity contribution is 6.04. The fourth-order valence-corrected chi connectivity index (χ4v) is 5.97. The molecule has 2 aromatic rings. The van der Waals surface area contributed by atoms with Crippen molar-refractivity contribution in [2.24, 2.45) is 0 Å². The highest BCUT2D eigenvalue weighted by Gasteiger charge is 2.43. The third-order valence-corrected chi connectivity index (χ3v) is 7.86. The molecular weight excluding hydrogens is 517 g/mol. The summed E-state index contributed by atoms with van der Waals surface area (Å²) in [7, 11) is 4.55. The molecule has 2 aromatic carbocycles.